The first-order valence-corrected chi connectivity index (χ1v) is 8.79. The quantitative estimate of drug-likeness (QED) is 0.785. The van der Waals surface area contributed by atoms with Gasteiger partial charge in [-0.3, -0.25) is 4.72 Å². The van der Waals surface area contributed by atoms with Crippen LogP contribution in [0.15, 0.2) is 47.6 Å². The lowest BCUT2D eigenvalue weighted by atomic mass is 10.1. The van der Waals surface area contributed by atoms with Crippen molar-refractivity contribution in [2.45, 2.75) is 25.7 Å². The topological polar surface area (TPSA) is 89.8 Å². The van der Waals surface area contributed by atoms with E-state index in [9.17, 15) is 8.42 Å². The van der Waals surface area contributed by atoms with Crippen LogP contribution in [0.1, 0.15) is 16.7 Å². The van der Waals surface area contributed by atoms with Gasteiger partial charge in [-0.2, -0.15) is 0 Å². The Morgan fingerprint density at radius 1 is 1.00 bits per heavy atom. The highest BCUT2D eigenvalue weighted by molar-refractivity contribution is 7.92. The molecule has 0 bridgehead atoms. The Morgan fingerprint density at radius 3 is 2.17 bits per heavy atom. The first-order chi connectivity index (χ1) is 11.4. The van der Waals surface area contributed by atoms with E-state index in [1.54, 1.807) is 38.1 Å². The van der Waals surface area contributed by atoms with Crippen molar-refractivity contribution in [1.82, 2.24) is 20.2 Å². The molecule has 1 N–H and O–H groups in total. The first kappa shape index (κ1) is 16.1. The highest BCUT2D eigenvalue weighted by Crippen LogP contribution is 2.24. The number of hydrogen-bond donors (Lipinski definition) is 1. The average Bonchev–Trinajstić information content (AvgIpc) is 3.00. The standard InChI is InChI=1S/C16H17N5O2S/c1-11-8-12(2)16(13(3)9-11)24(22,23)18-14-4-6-15(7-5-14)21-10-17-19-20-21/h4-10,18H,1-3H3. The van der Waals surface area contributed by atoms with Crippen molar-refractivity contribution < 1.29 is 8.42 Å². The summed E-state index contributed by atoms with van der Waals surface area (Å²) in [4.78, 5) is 0.317. The molecule has 0 saturated carbocycles. The van der Waals surface area contributed by atoms with Crippen LogP contribution in [-0.4, -0.2) is 28.6 Å². The summed E-state index contributed by atoms with van der Waals surface area (Å²) >= 11 is 0. The van der Waals surface area contributed by atoms with Gasteiger partial charge in [0.2, 0.25) is 0 Å². The summed E-state index contributed by atoms with van der Waals surface area (Å²) in [5, 5.41) is 10.9. The van der Waals surface area contributed by atoms with Gasteiger partial charge >= 0.3 is 0 Å². The largest absolute Gasteiger partial charge is 0.280 e. The fourth-order valence-electron chi connectivity index (χ4n) is 2.76. The summed E-state index contributed by atoms with van der Waals surface area (Å²) in [5.74, 6) is 0. The SMILES string of the molecule is Cc1cc(C)c(S(=O)(=O)Nc2ccc(-n3cnnn3)cc2)c(C)c1. The number of aryl methyl sites for hydroxylation is 3. The molecular weight excluding hydrogens is 326 g/mol. The molecule has 0 radical (unpaired) electrons. The summed E-state index contributed by atoms with van der Waals surface area (Å²) in [6.45, 7) is 5.55. The van der Waals surface area contributed by atoms with Crippen LogP contribution in [0, 0.1) is 20.8 Å². The van der Waals surface area contributed by atoms with E-state index in [4.69, 9.17) is 0 Å². The number of aromatic nitrogens is 4. The van der Waals surface area contributed by atoms with Gasteiger partial charge in [0.1, 0.15) is 6.33 Å². The molecule has 0 amide bonds. The lowest BCUT2D eigenvalue weighted by Crippen LogP contribution is -2.16. The molecule has 3 rings (SSSR count). The smallest absolute Gasteiger partial charge is 0.262 e. The van der Waals surface area contributed by atoms with Gasteiger partial charge in [0.15, 0.2) is 0 Å². The fraction of sp³-hybridized carbons (Fsp3) is 0.188. The maximum absolute atomic E-state index is 12.7. The zero-order chi connectivity index (χ0) is 17.3. The van der Waals surface area contributed by atoms with E-state index in [1.165, 1.54) is 11.0 Å². The van der Waals surface area contributed by atoms with Gasteiger partial charge in [0.25, 0.3) is 10.0 Å². The fourth-order valence-corrected chi connectivity index (χ4v) is 4.27. The molecule has 7 nitrogen and oxygen atoms in total. The van der Waals surface area contributed by atoms with E-state index >= 15 is 0 Å². The number of anilines is 1. The molecule has 0 unspecified atom stereocenters. The highest BCUT2D eigenvalue weighted by atomic mass is 32.2. The van der Waals surface area contributed by atoms with Gasteiger partial charge in [-0.1, -0.05) is 17.7 Å². The van der Waals surface area contributed by atoms with Crippen molar-refractivity contribution in [2.75, 3.05) is 4.72 Å². The van der Waals surface area contributed by atoms with Crippen LogP contribution in [0.5, 0.6) is 0 Å². The Hall–Kier alpha value is -2.74. The van der Waals surface area contributed by atoms with E-state index in [0.717, 1.165) is 22.4 Å². The van der Waals surface area contributed by atoms with Crippen molar-refractivity contribution in [3.05, 3.63) is 59.4 Å². The Balaban J connectivity index is 1.90. The molecule has 0 saturated heterocycles. The molecule has 0 aliphatic carbocycles. The lowest BCUT2D eigenvalue weighted by Gasteiger charge is -2.14. The minimum Gasteiger partial charge on any atom is -0.280 e. The van der Waals surface area contributed by atoms with Gasteiger partial charge in [0, 0.05) is 5.69 Å². The van der Waals surface area contributed by atoms with Gasteiger partial charge in [-0.25, -0.2) is 13.1 Å². The van der Waals surface area contributed by atoms with Crippen LogP contribution < -0.4 is 4.72 Å². The average molecular weight is 343 g/mol. The first-order valence-electron chi connectivity index (χ1n) is 7.31. The minimum atomic E-state index is -3.66. The summed E-state index contributed by atoms with van der Waals surface area (Å²) < 4.78 is 29.6. The van der Waals surface area contributed by atoms with Crippen LogP contribution in [0.4, 0.5) is 5.69 Å². The van der Waals surface area contributed by atoms with Crippen molar-refractivity contribution in [3.8, 4) is 5.69 Å². The van der Waals surface area contributed by atoms with Crippen LogP contribution in [0.2, 0.25) is 0 Å². The van der Waals surface area contributed by atoms with Crippen LogP contribution >= 0.6 is 0 Å². The minimum absolute atomic E-state index is 0.317. The van der Waals surface area contributed by atoms with E-state index in [2.05, 4.69) is 20.2 Å². The van der Waals surface area contributed by atoms with E-state index < -0.39 is 10.0 Å². The number of tetrazole rings is 1. The normalized spacial score (nSPS) is 11.5. The molecule has 0 atom stereocenters. The molecule has 0 fully saturated rings. The zero-order valence-electron chi connectivity index (χ0n) is 13.6. The molecule has 2 aromatic carbocycles. The van der Waals surface area contributed by atoms with Gasteiger partial charge in [-0.05, 0) is 66.6 Å². The molecule has 0 aliphatic heterocycles. The monoisotopic (exact) mass is 343 g/mol. The zero-order valence-corrected chi connectivity index (χ0v) is 14.4. The maximum Gasteiger partial charge on any atom is 0.262 e. The molecular formula is C16H17N5O2S. The molecule has 0 aliphatic rings. The molecule has 124 valence electrons. The van der Waals surface area contributed by atoms with Crippen molar-refractivity contribution in [2.24, 2.45) is 0 Å². The van der Waals surface area contributed by atoms with Crippen molar-refractivity contribution >= 4 is 15.7 Å². The maximum atomic E-state index is 12.7. The number of nitrogens with one attached hydrogen (secondary N) is 1. The lowest BCUT2D eigenvalue weighted by molar-refractivity contribution is 0.600. The van der Waals surface area contributed by atoms with E-state index in [1.807, 2.05) is 19.1 Å². The van der Waals surface area contributed by atoms with E-state index in [0.29, 0.717) is 10.6 Å². The third-order valence-corrected chi connectivity index (χ3v) is 5.29. The Morgan fingerprint density at radius 2 is 1.62 bits per heavy atom. The third kappa shape index (κ3) is 3.13. The number of benzene rings is 2. The molecule has 0 spiro atoms. The van der Waals surface area contributed by atoms with Crippen molar-refractivity contribution in [1.29, 1.82) is 0 Å². The molecule has 8 heteroatoms. The predicted molar refractivity (Wildman–Crippen MR) is 90.6 cm³/mol. The molecule has 24 heavy (non-hydrogen) atoms. The van der Waals surface area contributed by atoms with Gasteiger partial charge in [-0.15, -0.1) is 5.10 Å². The molecule has 3 aromatic rings. The second kappa shape index (κ2) is 6.04. The summed E-state index contributed by atoms with van der Waals surface area (Å²) in [6.07, 6.45) is 1.47. The van der Waals surface area contributed by atoms with Crippen LogP contribution in [0.25, 0.3) is 5.69 Å². The third-order valence-electron chi connectivity index (χ3n) is 3.61. The summed E-state index contributed by atoms with van der Waals surface area (Å²) in [6, 6.07) is 10.6. The van der Waals surface area contributed by atoms with Gasteiger partial charge in [0.05, 0.1) is 10.6 Å². The van der Waals surface area contributed by atoms with Crippen molar-refractivity contribution in [3.63, 3.8) is 0 Å². The summed E-state index contributed by atoms with van der Waals surface area (Å²) in [5.41, 5.74) is 3.71. The number of rotatable bonds is 4. The van der Waals surface area contributed by atoms with Gasteiger partial charge < -0.3 is 0 Å². The van der Waals surface area contributed by atoms with E-state index in [-0.39, 0.29) is 0 Å². The number of nitrogens with zero attached hydrogens (tertiary/aromatic N) is 4. The molecule has 1 aromatic heterocycles. The Labute approximate surface area is 140 Å². The second-order valence-electron chi connectivity index (χ2n) is 5.63. The Bertz CT molecular complexity index is 941. The summed E-state index contributed by atoms with van der Waals surface area (Å²) in [7, 11) is -3.66. The second-order valence-corrected chi connectivity index (χ2v) is 7.25. The van der Waals surface area contributed by atoms with Crippen LogP contribution in [0.3, 0.4) is 0 Å². The highest BCUT2D eigenvalue weighted by Gasteiger charge is 2.20. The number of sulfonamides is 1. The molecule has 1 heterocycles. The van der Waals surface area contributed by atoms with Crippen LogP contribution in [-0.2, 0) is 10.0 Å². The number of hydrogen-bond acceptors (Lipinski definition) is 5. The Kier molecular flexibility index (Phi) is 4.06. The predicted octanol–water partition coefficient (Wildman–Crippen LogP) is 2.39.